The molecule has 0 bridgehead atoms. The van der Waals surface area contributed by atoms with Crippen LogP contribution in [-0.2, 0) is 20.0 Å². The first kappa shape index (κ1) is 19.8. The Labute approximate surface area is 129 Å². The van der Waals surface area contributed by atoms with Crippen LogP contribution in [0.3, 0.4) is 0 Å². The van der Waals surface area contributed by atoms with Crippen LogP contribution in [0.5, 0.6) is 0 Å². The maximum Gasteiger partial charge on any atom is 0.472 e. The molecule has 0 saturated carbocycles. The molecule has 10 heteroatoms. The molecule has 130 valence electrons. The Morgan fingerprint density at radius 2 is 1.83 bits per heavy atom. The summed E-state index contributed by atoms with van der Waals surface area (Å²) in [5, 5.41) is 0. The molecule has 1 rings (SSSR count). The van der Waals surface area contributed by atoms with E-state index < -0.39 is 31.5 Å². The van der Waals surface area contributed by atoms with E-state index in [4.69, 9.17) is 4.89 Å². The minimum atomic E-state index is -5.24. The second-order valence-electron chi connectivity index (χ2n) is 4.43. The summed E-state index contributed by atoms with van der Waals surface area (Å²) in [6.45, 7) is 1.34. The van der Waals surface area contributed by atoms with Crippen molar-refractivity contribution in [2.24, 2.45) is 0 Å². The molecule has 0 amide bonds. The number of hydrogen-bond donors (Lipinski definition) is 1. The highest BCUT2D eigenvalue weighted by atomic mass is 31.2. The van der Waals surface area contributed by atoms with E-state index in [1.165, 1.54) is 19.1 Å². The molecule has 2 unspecified atom stereocenters. The number of halogens is 4. The first-order valence-corrected chi connectivity index (χ1v) is 8.02. The van der Waals surface area contributed by atoms with E-state index in [1.807, 2.05) is 0 Å². The molecule has 0 aliphatic heterocycles. The fraction of sp³-hybridized carbons (Fsp3) is 0.462. The van der Waals surface area contributed by atoms with Gasteiger partial charge in [0.1, 0.15) is 0 Å². The van der Waals surface area contributed by atoms with E-state index in [0.29, 0.717) is 5.56 Å². The third kappa shape index (κ3) is 6.39. The third-order valence-corrected chi connectivity index (χ3v) is 3.79. The summed E-state index contributed by atoms with van der Waals surface area (Å²) in [4.78, 5) is 20.5. The fourth-order valence-corrected chi connectivity index (χ4v) is 2.33. The number of phosphoric acid groups is 1. The predicted octanol–water partition coefficient (Wildman–Crippen LogP) is 3.47. The Bertz CT molecular complexity index is 573. The number of carbonyl (C=O) groups excluding carboxylic acids is 1. The van der Waals surface area contributed by atoms with Gasteiger partial charge in [0.2, 0.25) is 5.78 Å². The second kappa shape index (κ2) is 8.01. The first-order chi connectivity index (χ1) is 10.6. The van der Waals surface area contributed by atoms with Crippen LogP contribution in [0.4, 0.5) is 17.6 Å². The number of benzene rings is 1. The molecule has 0 spiro atoms. The fourth-order valence-electron chi connectivity index (χ4n) is 1.61. The van der Waals surface area contributed by atoms with Crippen molar-refractivity contribution in [3.63, 3.8) is 0 Å². The highest BCUT2D eigenvalue weighted by molar-refractivity contribution is 7.47. The third-order valence-electron chi connectivity index (χ3n) is 2.69. The average Bonchev–Trinajstić information content (AvgIpc) is 2.45. The van der Waals surface area contributed by atoms with Crippen LogP contribution in [0.2, 0.25) is 0 Å². The summed E-state index contributed by atoms with van der Waals surface area (Å²) in [7, 11) is -4.12. The second-order valence-corrected chi connectivity index (χ2v) is 5.89. The van der Waals surface area contributed by atoms with Gasteiger partial charge in [-0.15, -0.1) is 0 Å². The molecule has 23 heavy (non-hydrogen) atoms. The van der Waals surface area contributed by atoms with Gasteiger partial charge in [-0.25, -0.2) is 8.96 Å². The van der Waals surface area contributed by atoms with Gasteiger partial charge in [0.15, 0.2) is 0 Å². The van der Waals surface area contributed by atoms with Gasteiger partial charge in [-0.2, -0.15) is 13.2 Å². The highest BCUT2D eigenvalue weighted by Gasteiger charge is 2.45. The summed E-state index contributed by atoms with van der Waals surface area (Å²) in [5.74, 6) is -1.67. The van der Waals surface area contributed by atoms with E-state index in [0.717, 1.165) is 12.1 Å². The minimum absolute atomic E-state index is 0.00576. The maximum absolute atomic E-state index is 12.9. The van der Waals surface area contributed by atoms with E-state index in [2.05, 4.69) is 9.05 Å². The molecule has 1 N–H and O–H groups in total. The molecule has 0 heterocycles. The lowest BCUT2D eigenvalue weighted by Crippen LogP contribution is -2.32. The van der Waals surface area contributed by atoms with Crippen LogP contribution in [0.1, 0.15) is 22.8 Å². The van der Waals surface area contributed by atoms with Gasteiger partial charge < -0.3 is 4.89 Å². The standard InChI is InChI=1S/C13H15F4O5P/c1-2-21-23(19,20)22-8-7-9-3-5-10(6-4-9)11(18)12(14)13(15,16)17/h3-6,12H,2,7-8H2,1H3,(H,19,20). The largest absolute Gasteiger partial charge is 0.472 e. The maximum atomic E-state index is 12.9. The summed E-state index contributed by atoms with van der Waals surface area (Å²) in [6.07, 6.45) is -8.65. The Hall–Kier alpha value is -1.28. The Kier molecular flexibility index (Phi) is 6.88. The highest BCUT2D eigenvalue weighted by Crippen LogP contribution is 2.42. The van der Waals surface area contributed by atoms with Gasteiger partial charge in [0.05, 0.1) is 13.2 Å². The van der Waals surface area contributed by atoms with Crippen molar-refractivity contribution in [1.29, 1.82) is 0 Å². The lowest BCUT2D eigenvalue weighted by molar-refractivity contribution is -0.165. The number of phosphoric ester groups is 1. The normalized spacial score (nSPS) is 15.9. The van der Waals surface area contributed by atoms with Gasteiger partial charge >= 0.3 is 14.0 Å². The summed E-state index contributed by atoms with van der Waals surface area (Å²) >= 11 is 0. The van der Waals surface area contributed by atoms with E-state index in [-0.39, 0.29) is 19.6 Å². The molecule has 1 aromatic rings. The molecular formula is C13H15F4O5P. The summed E-state index contributed by atoms with van der Waals surface area (Å²) in [5.41, 5.74) is 0.113. The molecule has 0 aromatic heterocycles. The van der Waals surface area contributed by atoms with Crippen LogP contribution >= 0.6 is 7.82 Å². The summed E-state index contributed by atoms with van der Waals surface area (Å²) < 4.78 is 69.7. The number of rotatable bonds is 8. The van der Waals surface area contributed by atoms with Crippen molar-refractivity contribution in [3.05, 3.63) is 35.4 Å². The molecule has 5 nitrogen and oxygen atoms in total. The molecule has 1 aromatic carbocycles. The van der Waals surface area contributed by atoms with Gasteiger partial charge in [0.25, 0.3) is 6.17 Å². The van der Waals surface area contributed by atoms with Gasteiger partial charge in [-0.1, -0.05) is 24.3 Å². The van der Waals surface area contributed by atoms with E-state index in [9.17, 15) is 26.9 Å². The van der Waals surface area contributed by atoms with Gasteiger partial charge in [0, 0.05) is 5.56 Å². The van der Waals surface area contributed by atoms with E-state index in [1.54, 1.807) is 0 Å². The smallest absolute Gasteiger partial charge is 0.302 e. The zero-order valence-corrected chi connectivity index (χ0v) is 12.9. The zero-order chi connectivity index (χ0) is 17.7. The number of alkyl halides is 4. The van der Waals surface area contributed by atoms with Crippen LogP contribution in [0, 0.1) is 0 Å². The molecule has 2 atom stereocenters. The molecule has 0 fully saturated rings. The van der Waals surface area contributed by atoms with Crippen molar-refractivity contribution in [2.75, 3.05) is 13.2 Å². The molecular weight excluding hydrogens is 343 g/mol. The van der Waals surface area contributed by atoms with Gasteiger partial charge in [-0.3, -0.25) is 13.8 Å². The zero-order valence-electron chi connectivity index (χ0n) is 12.0. The van der Waals surface area contributed by atoms with Gasteiger partial charge in [-0.05, 0) is 18.9 Å². The molecule has 0 saturated heterocycles. The molecule has 0 aliphatic rings. The lowest BCUT2D eigenvalue weighted by Gasteiger charge is -2.12. The minimum Gasteiger partial charge on any atom is -0.302 e. The molecule has 0 aliphatic carbocycles. The van der Waals surface area contributed by atoms with Crippen LogP contribution in [0.25, 0.3) is 0 Å². The lowest BCUT2D eigenvalue weighted by atomic mass is 10.0. The average molecular weight is 358 g/mol. The topological polar surface area (TPSA) is 72.8 Å². The Morgan fingerprint density at radius 3 is 2.30 bits per heavy atom. The van der Waals surface area contributed by atoms with Crippen molar-refractivity contribution in [1.82, 2.24) is 0 Å². The monoisotopic (exact) mass is 358 g/mol. The SMILES string of the molecule is CCOP(=O)(O)OCCc1ccc(C(=O)C(F)C(F)(F)F)cc1. The van der Waals surface area contributed by atoms with E-state index >= 15 is 0 Å². The number of carbonyl (C=O) groups is 1. The van der Waals surface area contributed by atoms with Crippen LogP contribution < -0.4 is 0 Å². The van der Waals surface area contributed by atoms with Crippen molar-refractivity contribution in [2.45, 2.75) is 25.7 Å². The van der Waals surface area contributed by atoms with Crippen molar-refractivity contribution >= 4 is 13.6 Å². The van der Waals surface area contributed by atoms with Crippen LogP contribution in [-0.4, -0.2) is 36.2 Å². The Balaban J connectivity index is 2.60. The quantitative estimate of drug-likeness (QED) is 0.438. The molecule has 0 radical (unpaired) electrons. The Morgan fingerprint density at radius 1 is 1.26 bits per heavy atom. The van der Waals surface area contributed by atoms with Crippen LogP contribution in [0.15, 0.2) is 24.3 Å². The number of hydrogen-bond acceptors (Lipinski definition) is 4. The van der Waals surface area contributed by atoms with Crippen molar-refractivity contribution in [3.8, 4) is 0 Å². The van der Waals surface area contributed by atoms with Crippen molar-refractivity contribution < 1.29 is 40.9 Å². The number of Topliss-reactive ketones (excluding diaryl/α,β-unsaturated/α-hetero) is 1. The predicted molar refractivity (Wildman–Crippen MR) is 72.8 cm³/mol. The number of ketones is 1. The first-order valence-electron chi connectivity index (χ1n) is 6.52. The summed E-state index contributed by atoms with van der Waals surface area (Å²) in [6, 6.07) is 4.72.